The lowest BCUT2D eigenvalue weighted by Gasteiger charge is -2.05. The molecule has 0 atom stereocenters. The van der Waals surface area contributed by atoms with Crippen molar-refractivity contribution >= 4 is 15.9 Å². The fraction of sp³-hybridized carbons (Fsp3) is 0.273. The fourth-order valence-electron chi connectivity index (χ4n) is 0.939. The van der Waals surface area contributed by atoms with Crippen LogP contribution in [0, 0.1) is 0 Å². The van der Waals surface area contributed by atoms with Gasteiger partial charge >= 0.3 is 0 Å². The molecule has 0 bridgehead atoms. The Kier molecular flexibility index (Phi) is 4.61. The van der Waals surface area contributed by atoms with E-state index >= 15 is 0 Å². The van der Waals surface area contributed by atoms with Crippen LogP contribution in [0.25, 0.3) is 0 Å². The third-order valence-electron chi connectivity index (χ3n) is 1.67. The number of hydrogen-bond donors (Lipinski definition) is 0. The molecule has 0 saturated carbocycles. The first-order valence-corrected chi connectivity index (χ1v) is 5.34. The molecule has 2 heteroatoms. The van der Waals surface area contributed by atoms with Crippen LogP contribution in [0.2, 0.25) is 0 Å². The van der Waals surface area contributed by atoms with Gasteiger partial charge in [-0.1, -0.05) is 46.3 Å². The maximum Gasteiger partial charge on any atom is 0.113 e. The molecule has 1 aromatic rings. The standard InChI is InChI=1S/C11H13BrO/c1-10(7-8-12)13-9-11-5-3-2-4-6-11/h2-7H,8-9H2,1H3. The quantitative estimate of drug-likeness (QED) is 0.579. The lowest BCUT2D eigenvalue weighted by Crippen LogP contribution is -1.90. The van der Waals surface area contributed by atoms with Crippen molar-refractivity contribution in [2.45, 2.75) is 13.5 Å². The van der Waals surface area contributed by atoms with Crippen LogP contribution >= 0.6 is 15.9 Å². The first-order chi connectivity index (χ1) is 6.33. The van der Waals surface area contributed by atoms with Crippen molar-refractivity contribution in [2.24, 2.45) is 0 Å². The first kappa shape index (κ1) is 10.3. The molecule has 0 aliphatic carbocycles. The molecule has 70 valence electrons. The van der Waals surface area contributed by atoms with Crippen LogP contribution in [0.1, 0.15) is 12.5 Å². The predicted octanol–water partition coefficient (Wildman–Crippen LogP) is 3.50. The van der Waals surface area contributed by atoms with Gasteiger partial charge in [-0.15, -0.1) is 0 Å². The van der Waals surface area contributed by atoms with E-state index in [9.17, 15) is 0 Å². The minimum absolute atomic E-state index is 0.649. The monoisotopic (exact) mass is 240 g/mol. The zero-order valence-electron chi connectivity index (χ0n) is 7.66. The molecule has 1 rings (SSSR count). The van der Waals surface area contributed by atoms with Gasteiger partial charge < -0.3 is 4.74 Å². The van der Waals surface area contributed by atoms with Gasteiger partial charge in [-0.2, -0.15) is 0 Å². The molecule has 0 fully saturated rings. The Balaban J connectivity index is 2.39. The summed E-state index contributed by atoms with van der Waals surface area (Å²) in [5.74, 6) is 0.959. The lowest BCUT2D eigenvalue weighted by atomic mass is 10.2. The molecule has 1 aromatic carbocycles. The van der Waals surface area contributed by atoms with E-state index in [-0.39, 0.29) is 0 Å². The second-order valence-corrected chi connectivity index (χ2v) is 3.39. The minimum atomic E-state index is 0.649. The van der Waals surface area contributed by atoms with Crippen LogP contribution in [0.15, 0.2) is 42.2 Å². The second-order valence-electron chi connectivity index (χ2n) is 2.74. The van der Waals surface area contributed by atoms with Crippen LogP contribution in [0.5, 0.6) is 0 Å². The molecule has 0 unspecified atom stereocenters. The van der Waals surface area contributed by atoms with E-state index in [4.69, 9.17) is 4.74 Å². The molecule has 1 nitrogen and oxygen atoms in total. The van der Waals surface area contributed by atoms with Gasteiger partial charge in [0.05, 0.1) is 5.76 Å². The van der Waals surface area contributed by atoms with E-state index in [0.29, 0.717) is 6.61 Å². The number of rotatable bonds is 4. The van der Waals surface area contributed by atoms with Gasteiger partial charge in [-0.3, -0.25) is 0 Å². The van der Waals surface area contributed by atoms with Crippen LogP contribution in [-0.4, -0.2) is 5.33 Å². The SMILES string of the molecule is CC(=CCBr)OCc1ccccc1. The summed E-state index contributed by atoms with van der Waals surface area (Å²) in [4.78, 5) is 0. The molecule has 13 heavy (non-hydrogen) atoms. The highest BCUT2D eigenvalue weighted by Crippen LogP contribution is 2.05. The average molecular weight is 241 g/mol. The Morgan fingerprint density at radius 2 is 2.08 bits per heavy atom. The summed E-state index contributed by atoms with van der Waals surface area (Å²) in [6.45, 7) is 2.61. The Labute approximate surface area is 87.5 Å². The summed E-state index contributed by atoms with van der Waals surface area (Å²) in [7, 11) is 0. The summed E-state index contributed by atoms with van der Waals surface area (Å²) in [6.07, 6.45) is 2.00. The fourth-order valence-corrected chi connectivity index (χ4v) is 1.39. The molecular weight excluding hydrogens is 228 g/mol. The molecule has 0 spiro atoms. The van der Waals surface area contributed by atoms with Gasteiger partial charge in [0.15, 0.2) is 0 Å². The normalized spacial score (nSPS) is 11.4. The minimum Gasteiger partial charge on any atom is -0.494 e. The summed E-state index contributed by atoms with van der Waals surface area (Å²) in [5.41, 5.74) is 1.20. The van der Waals surface area contributed by atoms with E-state index in [1.807, 2.05) is 31.2 Å². The number of benzene rings is 1. The van der Waals surface area contributed by atoms with E-state index in [1.54, 1.807) is 0 Å². The zero-order valence-corrected chi connectivity index (χ0v) is 9.25. The Morgan fingerprint density at radius 3 is 2.69 bits per heavy atom. The van der Waals surface area contributed by atoms with Gasteiger partial charge in [0, 0.05) is 5.33 Å². The highest BCUT2D eigenvalue weighted by Gasteiger charge is 1.91. The van der Waals surface area contributed by atoms with Crippen molar-refractivity contribution in [1.82, 2.24) is 0 Å². The molecule has 0 aliphatic heterocycles. The van der Waals surface area contributed by atoms with Gasteiger partial charge in [-0.25, -0.2) is 0 Å². The van der Waals surface area contributed by atoms with Crippen molar-refractivity contribution < 1.29 is 4.74 Å². The maximum atomic E-state index is 5.50. The molecule has 0 amide bonds. The van der Waals surface area contributed by atoms with Crippen molar-refractivity contribution in [3.8, 4) is 0 Å². The Bertz CT molecular complexity index is 267. The molecular formula is C11H13BrO. The largest absolute Gasteiger partial charge is 0.494 e. The van der Waals surface area contributed by atoms with Gasteiger partial charge in [0.2, 0.25) is 0 Å². The highest BCUT2D eigenvalue weighted by molar-refractivity contribution is 9.09. The van der Waals surface area contributed by atoms with E-state index < -0.39 is 0 Å². The van der Waals surface area contributed by atoms with Crippen LogP contribution < -0.4 is 0 Å². The number of allylic oxidation sites excluding steroid dienone is 2. The van der Waals surface area contributed by atoms with E-state index in [1.165, 1.54) is 5.56 Å². The highest BCUT2D eigenvalue weighted by atomic mass is 79.9. The third kappa shape index (κ3) is 4.13. The molecule has 0 aliphatic rings. The van der Waals surface area contributed by atoms with Crippen molar-refractivity contribution in [3.05, 3.63) is 47.7 Å². The number of alkyl halides is 1. The first-order valence-electron chi connectivity index (χ1n) is 4.22. The molecule has 0 N–H and O–H groups in total. The van der Waals surface area contributed by atoms with Gasteiger partial charge in [0.25, 0.3) is 0 Å². The zero-order chi connectivity index (χ0) is 9.52. The van der Waals surface area contributed by atoms with E-state index in [2.05, 4.69) is 28.1 Å². The van der Waals surface area contributed by atoms with Gasteiger partial charge in [-0.05, 0) is 18.6 Å². The summed E-state index contributed by atoms with van der Waals surface area (Å²) < 4.78 is 5.50. The van der Waals surface area contributed by atoms with E-state index in [0.717, 1.165) is 11.1 Å². The number of hydrogen-bond acceptors (Lipinski definition) is 1. The van der Waals surface area contributed by atoms with Crippen LogP contribution in [-0.2, 0) is 11.3 Å². The number of ether oxygens (including phenoxy) is 1. The maximum absolute atomic E-state index is 5.50. The second kappa shape index (κ2) is 5.81. The summed E-state index contributed by atoms with van der Waals surface area (Å²) in [6, 6.07) is 10.2. The lowest BCUT2D eigenvalue weighted by molar-refractivity contribution is 0.200. The smallest absolute Gasteiger partial charge is 0.113 e. The van der Waals surface area contributed by atoms with Crippen LogP contribution in [0.4, 0.5) is 0 Å². The topological polar surface area (TPSA) is 9.23 Å². The summed E-state index contributed by atoms with van der Waals surface area (Å²) >= 11 is 3.32. The van der Waals surface area contributed by atoms with Crippen molar-refractivity contribution in [3.63, 3.8) is 0 Å². The predicted molar refractivity (Wildman–Crippen MR) is 58.8 cm³/mol. The third-order valence-corrected chi connectivity index (χ3v) is 2.00. The Hall–Kier alpha value is -0.760. The summed E-state index contributed by atoms with van der Waals surface area (Å²) in [5, 5.41) is 0.841. The Morgan fingerprint density at radius 1 is 1.38 bits per heavy atom. The average Bonchev–Trinajstić information content (AvgIpc) is 2.17. The molecule has 0 radical (unpaired) electrons. The van der Waals surface area contributed by atoms with Crippen molar-refractivity contribution in [1.29, 1.82) is 0 Å². The van der Waals surface area contributed by atoms with Crippen LogP contribution in [0.3, 0.4) is 0 Å². The molecule has 0 heterocycles. The number of halogens is 1. The molecule has 0 aromatic heterocycles. The van der Waals surface area contributed by atoms with Gasteiger partial charge in [0.1, 0.15) is 6.61 Å². The van der Waals surface area contributed by atoms with Crippen molar-refractivity contribution in [2.75, 3.05) is 5.33 Å². The molecule has 0 saturated heterocycles.